The van der Waals surface area contributed by atoms with Gasteiger partial charge < -0.3 is 20.5 Å². The van der Waals surface area contributed by atoms with Gasteiger partial charge in [-0.2, -0.15) is 0 Å². The molecule has 1 aliphatic carbocycles. The molecule has 182 valence electrons. The lowest BCUT2D eigenvalue weighted by Crippen LogP contribution is -2.48. The third kappa shape index (κ3) is 5.76. The van der Waals surface area contributed by atoms with E-state index in [-0.39, 0.29) is 30.8 Å². The molecule has 1 aliphatic rings. The highest BCUT2D eigenvalue weighted by molar-refractivity contribution is 5.84. The molecule has 3 N–H and O–H groups in total. The zero-order chi connectivity index (χ0) is 24.8. The summed E-state index contributed by atoms with van der Waals surface area (Å²) in [7, 11) is 0. The summed E-state index contributed by atoms with van der Waals surface area (Å²) in [5, 5.41) is 14.8. The Kier molecular flexibility index (Phi) is 8.31. The monoisotopic (exact) mass is 466 g/mol. The van der Waals surface area contributed by atoms with Crippen molar-refractivity contribution < 1.29 is 24.2 Å². The molecule has 7 heteroatoms. The Labute approximate surface area is 200 Å². The van der Waals surface area contributed by atoms with Crippen LogP contribution in [0.5, 0.6) is 0 Å². The molecule has 0 radical (unpaired) electrons. The number of hydrogen-bond donors (Lipinski definition) is 3. The highest BCUT2D eigenvalue weighted by atomic mass is 16.5. The Morgan fingerprint density at radius 3 is 2.00 bits per heavy atom. The lowest BCUT2D eigenvalue weighted by atomic mass is 9.97. The predicted molar refractivity (Wildman–Crippen MR) is 130 cm³/mol. The molecule has 0 saturated heterocycles. The number of benzene rings is 2. The maximum Gasteiger partial charge on any atom is 0.407 e. The number of carbonyl (C=O) groups excluding carboxylic acids is 2. The minimum absolute atomic E-state index is 0.0257. The molecule has 0 fully saturated rings. The molecular formula is C27H34N2O5. The molecule has 2 aromatic carbocycles. The number of ether oxygens (including phenoxy) is 1. The molecule has 34 heavy (non-hydrogen) atoms. The summed E-state index contributed by atoms with van der Waals surface area (Å²) in [5.41, 5.74) is 4.55. The Bertz CT molecular complexity index is 990. The molecule has 0 heterocycles. The normalized spacial score (nSPS) is 15.1. The van der Waals surface area contributed by atoms with E-state index in [1.54, 1.807) is 6.92 Å². The van der Waals surface area contributed by atoms with Gasteiger partial charge in [-0.1, -0.05) is 82.6 Å². The first-order valence-electron chi connectivity index (χ1n) is 11.9. The standard InChI is InChI=1S/C27H34N2O5/c1-5-17(4)25(26(31)32)29-24(30)14-23(16(2)3)28-27(33)34-15-22-20-12-8-6-10-18(20)19-11-7-9-13-21(19)22/h6-13,16-17,22-23,25H,5,14-15H2,1-4H3,(H,28,33)(H,29,30)(H,31,32)/t17?,23-,25-/m0/s1. The SMILES string of the molecule is CCC(C)[C@H](NC(=O)C[C@H](NC(=O)OCC1c2ccccc2-c2ccccc21)C(C)C)C(=O)O. The Morgan fingerprint density at radius 2 is 1.50 bits per heavy atom. The fraction of sp³-hybridized carbons (Fsp3) is 0.444. The van der Waals surface area contributed by atoms with Gasteiger partial charge in [-0.25, -0.2) is 9.59 Å². The van der Waals surface area contributed by atoms with Crippen molar-refractivity contribution in [1.82, 2.24) is 10.6 Å². The van der Waals surface area contributed by atoms with Crippen molar-refractivity contribution in [2.45, 2.75) is 58.5 Å². The molecule has 0 spiro atoms. The van der Waals surface area contributed by atoms with Crippen molar-refractivity contribution in [2.75, 3.05) is 6.61 Å². The third-order valence-corrected chi connectivity index (χ3v) is 6.65. The highest BCUT2D eigenvalue weighted by Crippen LogP contribution is 2.44. The summed E-state index contributed by atoms with van der Waals surface area (Å²) in [6, 6.07) is 14.8. The Balaban J connectivity index is 1.60. The van der Waals surface area contributed by atoms with Crippen LogP contribution in [0.15, 0.2) is 48.5 Å². The lowest BCUT2D eigenvalue weighted by Gasteiger charge is -2.25. The van der Waals surface area contributed by atoms with Crippen LogP contribution < -0.4 is 10.6 Å². The minimum Gasteiger partial charge on any atom is -0.480 e. The van der Waals surface area contributed by atoms with Crippen molar-refractivity contribution in [2.24, 2.45) is 11.8 Å². The zero-order valence-corrected chi connectivity index (χ0v) is 20.2. The smallest absolute Gasteiger partial charge is 0.407 e. The summed E-state index contributed by atoms with van der Waals surface area (Å²) in [4.78, 5) is 36.7. The predicted octanol–water partition coefficient (Wildman–Crippen LogP) is 4.56. The second-order valence-electron chi connectivity index (χ2n) is 9.29. The quantitative estimate of drug-likeness (QED) is 0.476. The fourth-order valence-corrected chi connectivity index (χ4v) is 4.36. The maximum atomic E-state index is 12.6. The van der Waals surface area contributed by atoms with Crippen LogP contribution in [0.4, 0.5) is 4.79 Å². The van der Waals surface area contributed by atoms with E-state index in [0.29, 0.717) is 6.42 Å². The number of carbonyl (C=O) groups is 3. The molecule has 3 atom stereocenters. The number of carboxylic acid groups (broad SMARTS) is 1. The van der Waals surface area contributed by atoms with Crippen LogP contribution in [0.2, 0.25) is 0 Å². The van der Waals surface area contributed by atoms with Gasteiger partial charge in [0.25, 0.3) is 0 Å². The molecule has 2 aromatic rings. The molecule has 0 aliphatic heterocycles. The molecule has 0 bridgehead atoms. The molecular weight excluding hydrogens is 432 g/mol. The van der Waals surface area contributed by atoms with Gasteiger partial charge in [0.1, 0.15) is 12.6 Å². The Hall–Kier alpha value is -3.35. The third-order valence-electron chi connectivity index (χ3n) is 6.65. The van der Waals surface area contributed by atoms with Crippen LogP contribution in [-0.2, 0) is 14.3 Å². The summed E-state index contributed by atoms with van der Waals surface area (Å²) in [6.45, 7) is 7.64. The minimum atomic E-state index is -1.06. The van der Waals surface area contributed by atoms with Gasteiger partial charge in [-0.05, 0) is 34.1 Å². The number of fused-ring (bicyclic) bond motifs is 3. The van der Waals surface area contributed by atoms with E-state index in [0.717, 1.165) is 22.3 Å². The van der Waals surface area contributed by atoms with Gasteiger partial charge in [-0.15, -0.1) is 0 Å². The van der Waals surface area contributed by atoms with E-state index in [1.165, 1.54) is 0 Å². The van der Waals surface area contributed by atoms with E-state index in [2.05, 4.69) is 34.9 Å². The first-order valence-corrected chi connectivity index (χ1v) is 11.9. The largest absolute Gasteiger partial charge is 0.480 e. The van der Waals surface area contributed by atoms with Crippen molar-refractivity contribution >= 4 is 18.0 Å². The average molecular weight is 467 g/mol. The number of nitrogens with one attached hydrogen (secondary N) is 2. The molecule has 7 nitrogen and oxygen atoms in total. The van der Waals surface area contributed by atoms with Crippen LogP contribution in [0.3, 0.4) is 0 Å². The van der Waals surface area contributed by atoms with Crippen molar-refractivity contribution in [3.8, 4) is 11.1 Å². The number of carboxylic acids is 1. The fourth-order valence-electron chi connectivity index (χ4n) is 4.36. The first kappa shape index (κ1) is 25.3. The first-order chi connectivity index (χ1) is 16.2. The number of rotatable bonds is 10. The second kappa shape index (κ2) is 11.2. The van der Waals surface area contributed by atoms with Gasteiger partial charge in [0.05, 0.1) is 0 Å². The van der Waals surface area contributed by atoms with E-state index in [1.807, 2.05) is 45.0 Å². The summed E-state index contributed by atoms with van der Waals surface area (Å²) >= 11 is 0. The lowest BCUT2D eigenvalue weighted by molar-refractivity contribution is -0.143. The van der Waals surface area contributed by atoms with Crippen LogP contribution in [0, 0.1) is 11.8 Å². The van der Waals surface area contributed by atoms with Crippen LogP contribution >= 0.6 is 0 Å². The number of amides is 2. The Morgan fingerprint density at radius 1 is 0.941 bits per heavy atom. The molecule has 0 aromatic heterocycles. The zero-order valence-electron chi connectivity index (χ0n) is 20.2. The van der Waals surface area contributed by atoms with E-state index >= 15 is 0 Å². The molecule has 1 unspecified atom stereocenters. The van der Waals surface area contributed by atoms with Gasteiger partial charge in [0.15, 0.2) is 0 Å². The summed E-state index contributed by atoms with van der Waals surface area (Å²) in [6.07, 6.45) is 0.00959. The average Bonchev–Trinajstić information content (AvgIpc) is 3.13. The van der Waals surface area contributed by atoms with Crippen LogP contribution in [0.25, 0.3) is 11.1 Å². The number of alkyl carbamates (subject to hydrolysis) is 1. The second-order valence-corrected chi connectivity index (χ2v) is 9.29. The van der Waals surface area contributed by atoms with Gasteiger partial charge in [-0.3, -0.25) is 4.79 Å². The van der Waals surface area contributed by atoms with Gasteiger partial charge >= 0.3 is 12.1 Å². The van der Waals surface area contributed by atoms with Crippen molar-refractivity contribution in [1.29, 1.82) is 0 Å². The highest BCUT2D eigenvalue weighted by Gasteiger charge is 2.30. The topological polar surface area (TPSA) is 105 Å². The van der Waals surface area contributed by atoms with E-state index < -0.39 is 30.1 Å². The molecule has 2 amide bonds. The summed E-state index contributed by atoms with van der Waals surface area (Å²) in [5.74, 6) is -1.77. The van der Waals surface area contributed by atoms with Crippen molar-refractivity contribution in [3.05, 3.63) is 59.7 Å². The number of aliphatic carboxylic acids is 1. The van der Waals surface area contributed by atoms with Gasteiger partial charge in [0, 0.05) is 18.4 Å². The van der Waals surface area contributed by atoms with Crippen LogP contribution in [-0.4, -0.2) is 41.8 Å². The van der Waals surface area contributed by atoms with Gasteiger partial charge in [0.2, 0.25) is 5.91 Å². The van der Waals surface area contributed by atoms with E-state index in [9.17, 15) is 19.5 Å². The van der Waals surface area contributed by atoms with Crippen LogP contribution in [0.1, 0.15) is 57.6 Å². The van der Waals surface area contributed by atoms with E-state index in [4.69, 9.17) is 4.74 Å². The molecule has 3 rings (SSSR count). The van der Waals surface area contributed by atoms with Crippen molar-refractivity contribution in [3.63, 3.8) is 0 Å². The number of hydrogen-bond acceptors (Lipinski definition) is 4. The summed E-state index contributed by atoms with van der Waals surface area (Å²) < 4.78 is 5.60. The maximum absolute atomic E-state index is 12.6. The molecule has 0 saturated carbocycles.